The van der Waals surface area contributed by atoms with Crippen molar-refractivity contribution < 1.29 is 27.4 Å². The summed E-state index contributed by atoms with van der Waals surface area (Å²) >= 11 is 0. The quantitative estimate of drug-likeness (QED) is 0.374. The normalized spacial score (nSPS) is 13.4. The number of ether oxygens (including phenoxy) is 2. The van der Waals surface area contributed by atoms with Gasteiger partial charge in [0.25, 0.3) is 5.91 Å². The zero-order valence-corrected chi connectivity index (χ0v) is 19.6. The van der Waals surface area contributed by atoms with E-state index in [9.17, 15) is 18.0 Å². The molecule has 6 nitrogen and oxygen atoms in total. The van der Waals surface area contributed by atoms with Crippen LogP contribution in [0.5, 0.6) is 11.5 Å². The van der Waals surface area contributed by atoms with Crippen molar-refractivity contribution >= 4 is 16.8 Å². The maximum absolute atomic E-state index is 13.7. The summed E-state index contributed by atoms with van der Waals surface area (Å²) in [6, 6.07) is 15.4. The fraction of sp³-hybridized carbons (Fsp3) is 0.222. The van der Waals surface area contributed by atoms with Gasteiger partial charge in [0.2, 0.25) is 0 Å². The van der Waals surface area contributed by atoms with Crippen LogP contribution in [0.3, 0.4) is 0 Å². The van der Waals surface area contributed by atoms with Gasteiger partial charge < -0.3 is 14.4 Å². The Labute approximate surface area is 205 Å². The highest BCUT2D eigenvalue weighted by atomic mass is 19.4. The lowest BCUT2D eigenvalue weighted by molar-refractivity contribution is -0.137. The monoisotopic (exact) mass is 493 g/mol. The molecule has 4 aromatic rings. The summed E-state index contributed by atoms with van der Waals surface area (Å²) in [5, 5.41) is 0.580. The molecule has 0 saturated heterocycles. The lowest BCUT2D eigenvalue weighted by atomic mass is 9.97. The first kappa shape index (κ1) is 23.6. The maximum atomic E-state index is 13.7. The smallest absolute Gasteiger partial charge is 0.416 e. The predicted molar refractivity (Wildman–Crippen MR) is 128 cm³/mol. The van der Waals surface area contributed by atoms with E-state index >= 15 is 0 Å². The number of benzene rings is 3. The second kappa shape index (κ2) is 9.14. The first-order valence-electron chi connectivity index (χ1n) is 11.3. The van der Waals surface area contributed by atoms with Gasteiger partial charge >= 0.3 is 6.18 Å². The Bertz CT molecular complexity index is 1450. The van der Waals surface area contributed by atoms with Crippen molar-refractivity contribution in [3.05, 3.63) is 83.0 Å². The number of carbonyl (C=O) groups is 1. The highest BCUT2D eigenvalue weighted by Crippen LogP contribution is 2.37. The van der Waals surface area contributed by atoms with Crippen molar-refractivity contribution in [1.82, 2.24) is 14.9 Å². The zero-order valence-electron chi connectivity index (χ0n) is 19.6. The van der Waals surface area contributed by atoms with Crippen LogP contribution in [0, 0.1) is 0 Å². The molecule has 0 aliphatic carbocycles. The lowest BCUT2D eigenvalue weighted by Crippen LogP contribution is -2.36. The topological polar surface area (TPSA) is 64.6 Å². The number of rotatable bonds is 4. The first-order chi connectivity index (χ1) is 17.3. The highest BCUT2D eigenvalue weighted by molar-refractivity contribution is 6.05. The van der Waals surface area contributed by atoms with Gasteiger partial charge in [0.05, 0.1) is 25.3 Å². The number of halogens is 3. The Morgan fingerprint density at radius 2 is 1.69 bits per heavy atom. The number of nitrogens with zero attached hydrogens (tertiary/aromatic N) is 3. The average Bonchev–Trinajstić information content (AvgIpc) is 2.90. The molecule has 1 aromatic heterocycles. The summed E-state index contributed by atoms with van der Waals surface area (Å²) in [6.07, 6.45) is -3.86. The Morgan fingerprint density at radius 1 is 0.944 bits per heavy atom. The van der Waals surface area contributed by atoms with E-state index in [4.69, 9.17) is 9.47 Å². The Hall–Kier alpha value is -4.14. The molecule has 0 fully saturated rings. The molecule has 1 aliphatic heterocycles. The Balaban J connectivity index is 1.52. The highest BCUT2D eigenvalue weighted by Gasteiger charge is 2.31. The molecule has 1 amide bonds. The third kappa shape index (κ3) is 4.21. The molecule has 0 bridgehead atoms. The van der Waals surface area contributed by atoms with Crippen LogP contribution < -0.4 is 9.47 Å². The number of aromatic nitrogens is 2. The van der Waals surface area contributed by atoms with Crippen LogP contribution in [0.15, 0.2) is 60.7 Å². The molecule has 1 aliphatic rings. The second-order valence-electron chi connectivity index (χ2n) is 8.40. The van der Waals surface area contributed by atoms with E-state index in [1.54, 1.807) is 43.4 Å². The number of hydrogen-bond donors (Lipinski definition) is 0. The molecule has 0 atom stereocenters. The van der Waals surface area contributed by atoms with Gasteiger partial charge in [-0.3, -0.25) is 4.79 Å². The SMILES string of the molecule is COc1ccc2c(c1OC)CCN(C(=O)c1nc(-c3ccc(C(F)(F)F)cc3)nc3ccccc13)C2. The lowest BCUT2D eigenvalue weighted by Gasteiger charge is -2.30. The van der Waals surface area contributed by atoms with Gasteiger partial charge in [-0.25, -0.2) is 9.97 Å². The summed E-state index contributed by atoms with van der Waals surface area (Å²) in [5.74, 6) is 1.22. The molecule has 9 heteroatoms. The van der Waals surface area contributed by atoms with E-state index in [1.165, 1.54) is 12.1 Å². The maximum Gasteiger partial charge on any atom is 0.416 e. The van der Waals surface area contributed by atoms with Crippen LogP contribution in [-0.4, -0.2) is 41.5 Å². The molecule has 0 spiro atoms. The number of para-hydroxylation sites is 1. The van der Waals surface area contributed by atoms with Gasteiger partial charge in [0, 0.05) is 29.6 Å². The van der Waals surface area contributed by atoms with Crippen molar-refractivity contribution in [1.29, 1.82) is 0 Å². The van der Waals surface area contributed by atoms with Crippen molar-refractivity contribution in [3.63, 3.8) is 0 Å². The minimum atomic E-state index is -4.44. The number of fused-ring (bicyclic) bond motifs is 2. The molecule has 0 unspecified atom stereocenters. The van der Waals surface area contributed by atoms with Crippen molar-refractivity contribution in [2.75, 3.05) is 20.8 Å². The predicted octanol–water partition coefficient (Wildman–Crippen LogP) is 5.53. The summed E-state index contributed by atoms with van der Waals surface area (Å²) in [6.45, 7) is 0.811. The number of alkyl halides is 3. The molecular weight excluding hydrogens is 471 g/mol. The van der Waals surface area contributed by atoms with Crippen LogP contribution >= 0.6 is 0 Å². The minimum Gasteiger partial charge on any atom is -0.493 e. The fourth-order valence-electron chi connectivity index (χ4n) is 4.49. The summed E-state index contributed by atoms with van der Waals surface area (Å²) in [4.78, 5) is 24.4. The minimum absolute atomic E-state index is 0.189. The summed E-state index contributed by atoms with van der Waals surface area (Å²) in [7, 11) is 3.17. The summed E-state index contributed by atoms with van der Waals surface area (Å²) < 4.78 is 50.0. The standard InChI is InChI=1S/C27H22F3N3O3/c1-35-22-12-9-17-15-33(14-13-19(17)24(22)36-2)26(34)23-20-5-3-4-6-21(20)31-25(32-23)16-7-10-18(11-8-16)27(28,29)30/h3-12H,13-15H2,1-2H3. The molecule has 5 rings (SSSR count). The number of methoxy groups -OCH3 is 2. The van der Waals surface area contributed by atoms with Gasteiger partial charge in [0.15, 0.2) is 17.3 Å². The van der Waals surface area contributed by atoms with Gasteiger partial charge in [-0.15, -0.1) is 0 Å². The largest absolute Gasteiger partial charge is 0.493 e. The number of amides is 1. The van der Waals surface area contributed by atoms with Gasteiger partial charge in [-0.2, -0.15) is 13.2 Å². The third-order valence-electron chi connectivity index (χ3n) is 6.30. The summed E-state index contributed by atoms with van der Waals surface area (Å²) in [5.41, 5.74) is 2.33. The molecule has 0 saturated carbocycles. The van der Waals surface area contributed by atoms with E-state index in [0.717, 1.165) is 23.3 Å². The molecule has 36 heavy (non-hydrogen) atoms. The van der Waals surface area contributed by atoms with Crippen LogP contribution in [0.4, 0.5) is 13.2 Å². The van der Waals surface area contributed by atoms with E-state index in [-0.39, 0.29) is 17.4 Å². The van der Waals surface area contributed by atoms with Crippen LogP contribution in [0.25, 0.3) is 22.3 Å². The van der Waals surface area contributed by atoms with E-state index in [0.29, 0.717) is 47.5 Å². The average molecular weight is 493 g/mol. The van der Waals surface area contributed by atoms with Crippen molar-refractivity contribution in [3.8, 4) is 22.9 Å². The van der Waals surface area contributed by atoms with Gasteiger partial charge in [-0.05, 0) is 36.2 Å². The molecule has 184 valence electrons. The Morgan fingerprint density at radius 3 is 2.39 bits per heavy atom. The number of hydrogen-bond acceptors (Lipinski definition) is 5. The fourth-order valence-corrected chi connectivity index (χ4v) is 4.49. The van der Waals surface area contributed by atoms with Crippen LogP contribution in [0.1, 0.15) is 27.2 Å². The molecule has 2 heterocycles. The van der Waals surface area contributed by atoms with Crippen LogP contribution in [0.2, 0.25) is 0 Å². The molecule has 0 N–H and O–H groups in total. The Kier molecular flexibility index (Phi) is 5.99. The zero-order chi connectivity index (χ0) is 25.4. The van der Waals surface area contributed by atoms with E-state index < -0.39 is 11.7 Å². The number of carbonyl (C=O) groups excluding carboxylic acids is 1. The van der Waals surface area contributed by atoms with Crippen LogP contribution in [-0.2, 0) is 19.1 Å². The van der Waals surface area contributed by atoms with Crippen molar-refractivity contribution in [2.45, 2.75) is 19.1 Å². The molecule has 3 aromatic carbocycles. The third-order valence-corrected chi connectivity index (χ3v) is 6.30. The van der Waals surface area contributed by atoms with E-state index in [1.807, 2.05) is 12.1 Å². The second-order valence-corrected chi connectivity index (χ2v) is 8.40. The molecule has 0 radical (unpaired) electrons. The first-order valence-corrected chi connectivity index (χ1v) is 11.3. The molecular formula is C27H22F3N3O3. The van der Waals surface area contributed by atoms with Gasteiger partial charge in [0.1, 0.15) is 5.69 Å². The van der Waals surface area contributed by atoms with Crippen molar-refractivity contribution in [2.24, 2.45) is 0 Å². The van der Waals surface area contributed by atoms with Gasteiger partial charge in [-0.1, -0.05) is 36.4 Å². The van der Waals surface area contributed by atoms with E-state index in [2.05, 4.69) is 9.97 Å².